The fourth-order valence-corrected chi connectivity index (χ4v) is 3.93. The maximum Gasteiger partial charge on any atom is 0.253 e. The first-order valence-electron chi connectivity index (χ1n) is 9.64. The van der Waals surface area contributed by atoms with Crippen LogP contribution in [0, 0.1) is 13.8 Å². The molecule has 2 aromatic heterocycles. The smallest absolute Gasteiger partial charge is 0.253 e. The third kappa shape index (κ3) is 4.36. The fraction of sp³-hybridized carbons (Fsp3) is 0.174. The number of hydrogen-bond acceptors (Lipinski definition) is 3. The van der Waals surface area contributed by atoms with Gasteiger partial charge >= 0.3 is 0 Å². The molecule has 2 aromatic carbocycles. The minimum atomic E-state index is -0.0731. The molecule has 0 aliphatic carbocycles. The summed E-state index contributed by atoms with van der Waals surface area (Å²) in [6.07, 6.45) is 3.22. The average Bonchev–Trinajstić information content (AvgIpc) is 3.34. The molecule has 0 bridgehead atoms. The number of nitrogens with one attached hydrogen (secondary N) is 1. The van der Waals surface area contributed by atoms with Gasteiger partial charge in [0.2, 0.25) is 0 Å². The molecule has 0 saturated carbocycles. The Bertz CT molecular complexity index is 1160. The summed E-state index contributed by atoms with van der Waals surface area (Å²) in [5.41, 5.74) is 5.84. The SMILES string of the molecule is Cc1cc(C(=O)NCc2ccc(Cn3cncn3)cc2)c(C)n1-c1cccc(Br)c1. The van der Waals surface area contributed by atoms with Crippen molar-refractivity contribution < 1.29 is 4.79 Å². The molecule has 1 N–H and O–H groups in total. The van der Waals surface area contributed by atoms with Gasteiger partial charge in [-0.1, -0.05) is 46.3 Å². The lowest BCUT2D eigenvalue weighted by atomic mass is 10.1. The van der Waals surface area contributed by atoms with Crippen molar-refractivity contribution in [1.29, 1.82) is 0 Å². The van der Waals surface area contributed by atoms with Gasteiger partial charge in [-0.05, 0) is 49.2 Å². The molecule has 0 fully saturated rings. The standard InChI is InChI=1S/C23H22BrN5O/c1-16-10-22(17(2)29(16)21-5-3-4-20(24)11-21)23(30)26-12-18-6-8-19(9-7-18)13-28-15-25-14-27-28/h3-11,14-15H,12-13H2,1-2H3,(H,26,30). The molecule has 4 aromatic rings. The van der Waals surface area contributed by atoms with Gasteiger partial charge in [0.25, 0.3) is 5.91 Å². The van der Waals surface area contributed by atoms with E-state index >= 15 is 0 Å². The van der Waals surface area contributed by atoms with Crippen molar-refractivity contribution >= 4 is 21.8 Å². The molecular formula is C23H22BrN5O. The van der Waals surface area contributed by atoms with Gasteiger partial charge in [0.05, 0.1) is 12.1 Å². The summed E-state index contributed by atoms with van der Waals surface area (Å²) in [4.78, 5) is 16.8. The molecule has 0 radical (unpaired) electrons. The van der Waals surface area contributed by atoms with Crippen molar-refractivity contribution in [3.05, 3.63) is 99.8 Å². The third-order valence-electron chi connectivity index (χ3n) is 5.03. The highest BCUT2D eigenvalue weighted by atomic mass is 79.9. The number of aryl methyl sites for hydroxylation is 1. The zero-order valence-corrected chi connectivity index (χ0v) is 18.4. The van der Waals surface area contributed by atoms with Gasteiger partial charge in [0.1, 0.15) is 12.7 Å². The summed E-state index contributed by atoms with van der Waals surface area (Å²) in [7, 11) is 0. The number of amides is 1. The van der Waals surface area contributed by atoms with E-state index in [4.69, 9.17) is 0 Å². The van der Waals surface area contributed by atoms with E-state index < -0.39 is 0 Å². The molecule has 0 atom stereocenters. The molecule has 0 spiro atoms. The van der Waals surface area contributed by atoms with E-state index in [9.17, 15) is 4.79 Å². The van der Waals surface area contributed by atoms with Crippen LogP contribution >= 0.6 is 15.9 Å². The van der Waals surface area contributed by atoms with Gasteiger partial charge in [0.15, 0.2) is 0 Å². The van der Waals surface area contributed by atoms with Gasteiger partial charge in [-0.2, -0.15) is 5.10 Å². The quantitative estimate of drug-likeness (QED) is 0.459. The van der Waals surface area contributed by atoms with E-state index in [0.717, 1.165) is 32.7 Å². The van der Waals surface area contributed by atoms with E-state index in [-0.39, 0.29) is 5.91 Å². The third-order valence-corrected chi connectivity index (χ3v) is 5.52. The minimum Gasteiger partial charge on any atom is -0.348 e. The number of hydrogen-bond donors (Lipinski definition) is 1. The lowest BCUT2D eigenvalue weighted by Gasteiger charge is -2.11. The van der Waals surface area contributed by atoms with Gasteiger partial charge in [0, 0.05) is 28.1 Å². The number of rotatable bonds is 6. The highest BCUT2D eigenvalue weighted by Crippen LogP contribution is 2.23. The predicted molar refractivity (Wildman–Crippen MR) is 120 cm³/mol. The summed E-state index contributed by atoms with van der Waals surface area (Å²) in [6, 6.07) is 18.1. The van der Waals surface area contributed by atoms with Gasteiger partial charge in [-0.25, -0.2) is 9.67 Å². The van der Waals surface area contributed by atoms with Crippen LogP contribution in [-0.4, -0.2) is 25.2 Å². The molecule has 0 unspecified atom stereocenters. The summed E-state index contributed by atoms with van der Waals surface area (Å²) in [5, 5.41) is 7.15. The first-order chi connectivity index (χ1) is 14.5. The monoisotopic (exact) mass is 463 g/mol. The van der Waals surface area contributed by atoms with Gasteiger partial charge in [-0.3, -0.25) is 4.79 Å². The van der Waals surface area contributed by atoms with Crippen LogP contribution in [0.3, 0.4) is 0 Å². The summed E-state index contributed by atoms with van der Waals surface area (Å²) < 4.78 is 4.88. The average molecular weight is 464 g/mol. The Morgan fingerprint density at radius 1 is 1.07 bits per heavy atom. The lowest BCUT2D eigenvalue weighted by Crippen LogP contribution is -2.23. The van der Waals surface area contributed by atoms with Crippen molar-refractivity contribution in [2.24, 2.45) is 0 Å². The van der Waals surface area contributed by atoms with E-state index in [1.165, 1.54) is 6.33 Å². The Hall–Kier alpha value is -3.19. The van der Waals surface area contributed by atoms with Crippen LogP contribution in [0.2, 0.25) is 0 Å². The normalized spacial score (nSPS) is 10.9. The molecule has 30 heavy (non-hydrogen) atoms. The molecule has 6 nitrogen and oxygen atoms in total. The second-order valence-electron chi connectivity index (χ2n) is 7.19. The van der Waals surface area contributed by atoms with E-state index in [1.54, 1.807) is 11.0 Å². The van der Waals surface area contributed by atoms with Crippen molar-refractivity contribution in [2.45, 2.75) is 26.9 Å². The molecule has 152 valence electrons. The first-order valence-corrected chi connectivity index (χ1v) is 10.4. The highest BCUT2D eigenvalue weighted by molar-refractivity contribution is 9.10. The number of halogens is 1. The zero-order chi connectivity index (χ0) is 21.1. The van der Waals surface area contributed by atoms with Crippen LogP contribution in [0.1, 0.15) is 32.9 Å². The molecule has 1 amide bonds. The molecule has 7 heteroatoms. The van der Waals surface area contributed by atoms with Crippen LogP contribution in [0.5, 0.6) is 0 Å². The lowest BCUT2D eigenvalue weighted by molar-refractivity contribution is 0.0950. The highest BCUT2D eigenvalue weighted by Gasteiger charge is 2.16. The Balaban J connectivity index is 1.44. The zero-order valence-electron chi connectivity index (χ0n) is 16.8. The minimum absolute atomic E-state index is 0.0731. The number of carbonyl (C=O) groups is 1. The van der Waals surface area contributed by atoms with Crippen LogP contribution in [-0.2, 0) is 13.1 Å². The molecule has 4 rings (SSSR count). The van der Waals surface area contributed by atoms with Crippen molar-refractivity contribution in [2.75, 3.05) is 0 Å². The van der Waals surface area contributed by atoms with Gasteiger partial charge < -0.3 is 9.88 Å². The molecule has 0 saturated heterocycles. The summed E-state index contributed by atoms with van der Waals surface area (Å²) in [5.74, 6) is -0.0731. The molecule has 0 aliphatic rings. The molecule has 0 aliphatic heterocycles. The summed E-state index contributed by atoms with van der Waals surface area (Å²) >= 11 is 3.52. The van der Waals surface area contributed by atoms with Crippen LogP contribution < -0.4 is 5.32 Å². The maximum atomic E-state index is 12.8. The Kier molecular flexibility index (Phi) is 5.81. The van der Waals surface area contributed by atoms with E-state index in [2.05, 4.69) is 35.9 Å². The van der Waals surface area contributed by atoms with E-state index in [1.807, 2.05) is 68.4 Å². The molecule has 2 heterocycles. The largest absolute Gasteiger partial charge is 0.348 e. The Labute approximate surface area is 183 Å². The Morgan fingerprint density at radius 2 is 1.83 bits per heavy atom. The number of benzene rings is 2. The topological polar surface area (TPSA) is 64.7 Å². The predicted octanol–water partition coefficient (Wildman–Crippen LogP) is 4.43. The number of carbonyl (C=O) groups excluding carboxylic acids is 1. The number of nitrogens with zero attached hydrogens (tertiary/aromatic N) is 4. The Morgan fingerprint density at radius 3 is 2.53 bits per heavy atom. The second kappa shape index (κ2) is 8.67. The van der Waals surface area contributed by atoms with Crippen molar-refractivity contribution in [1.82, 2.24) is 24.6 Å². The second-order valence-corrected chi connectivity index (χ2v) is 8.11. The van der Waals surface area contributed by atoms with Crippen molar-refractivity contribution in [3.63, 3.8) is 0 Å². The van der Waals surface area contributed by atoms with Gasteiger partial charge in [-0.15, -0.1) is 0 Å². The van der Waals surface area contributed by atoms with E-state index in [0.29, 0.717) is 18.7 Å². The van der Waals surface area contributed by atoms with Crippen LogP contribution in [0.25, 0.3) is 5.69 Å². The molecular weight excluding hydrogens is 442 g/mol. The maximum absolute atomic E-state index is 12.8. The fourth-order valence-electron chi connectivity index (χ4n) is 3.55. The summed E-state index contributed by atoms with van der Waals surface area (Å²) in [6.45, 7) is 5.14. The van der Waals surface area contributed by atoms with Crippen LogP contribution in [0.4, 0.5) is 0 Å². The van der Waals surface area contributed by atoms with Crippen LogP contribution in [0.15, 0.2) is 71.7 Å². The van der Waals surface area contributed by atoms with Crippen molar-refractivity contribution in [3.8, 4) is 5.69 Å². The first kappa shape index (κ1) is 20.1. The number of aromatic nitrogens is 4.